The van der Waals surface area contributed by atoms with Gasteiger partial charge in [0.05, 0.1) is 13.2 Å². The standard InChI is InChI=1S/C11H17BrN2OS/c12-10-2-6-16-11(10)7-13-3-1-9-8-15-5-4-14-9/h2,6,9,13-14H,1,3-5,7-8H2. The van der Waals surface area contributed by atoms with Gasteiger partial charge >= 0.3 is 0 Å². The Kier molecular flexibility index (Phi) is 5.25. The van der Waals surface area contributed by atoms with Crippen molar-refractivity contribution in [3.63, 3.8) is 0 Å². The van der Waals surface area contributed by atoms with Gasteiger partial charge in [0.1, 0.15) is 0 Å². The highest BCUT2D eigenvalue weighted by atomic mass is 79.9. The Bertz CT molecular complexity index is 313. The van der Waals surface area contributed by atoms with E-state index in [1.807, 2.05) is 0 Å². The van der Waals surface area contributed by atoms with Crippen LogP contribution in [0.4, 0.5) is 0 Å². The molecule has 1 aromatic heterocycles. The molecule has 16 heavy (non-hydrogen) atoms. The number of hydrogen-bond donors (Lipinski definition) is 2. The van der Waals surface area contributed by atoms with E-state index in [2.05, 4.69) is 38.0 Å². The Labute approximate surface area is 109 Å². The molecule has 1 atom stereocenters. The maximum Gasteiger partial charge on any atom is 0.0620 e. The molecule has 1 aliphatic heterocycles. The zero-order valence-electron chi connectivity index (χ0n) is 9.17. The van der Waals surface area contributed by atoms with E-state index in [4.69, 9.17) is 4.74 Å². The molecule has 1 fully saturated rings. The predicted octanol–water partition coefficient (Wildman–Crippen LogP) is 1.98. The van der Waals surface area contributed by atoms with E-state index in [9.17, 15) is 0 Å². The topological polar surface area (TPSA) is 33.3 Å². The van der Waals surface area contributed by atoms with Gasteiger partial charge < -0.3 is 15.4 Å². The first-order valence-corrected chi connectivity index (χ1v) is 7.27. The van der Waals surface area contributed by atoms with Gasteiger partial charge in [-0.05, 0) is 40.3 Å². The fourth-order valence-corrected chi connectivity index (χ4v) is 3.20. The van der Waals surface area contributed by atoms with Gasteiger partial charge in [-0.15, -0.1) is 11.3 Å². The summed E-state index contributed by atoms with van der Waals surface area (Å²) in [5.74, 6) is 0. The molecule has 0 bridgehead atoms. The third-order valence-electron chi connectivity index (χ3n) is 2.64. The summed E-state index contributed by atoms with van der Waals surface area (Å²) < 4.78 is 6.62. The van der Waals surface area contributed by atoms with Crippen LogP contribution in [0.2, 0.25) is 0 Å². The average Bonchev–Trinajstić information content (AvgIpc) is 2.72. The van der Waals surface area contributed by atoms with E-state index in [0.717, 1.165) is 39.3 Å². The van der Waals surface area contributed by atoms with Crippen molar-refractivity contribution < 1.29 is 4.74 Å². The number of nitrogens with one attached hydrogen (secondary N) is 2. The minimum absolute atomic E-state index is 0.521. The molecule has 2 rings (SSSR count). The molecule has 0 aromatic carbocycles. The quantitative estimate of drug-likeness (QED) is 0.816. The van der Waals surface area contributed by atoms with Crippen LogP contribution in [0.25, 0.3) is 0 Å². The van der Waals surface area contributed by atoms with E-state index in [-0.39, 0.29) is 0 Å². The second-order valence-corrected chi connectivity index (χ2v) is 5.74. The van der Waals surface area contributed by atoms with Crippen molar-refractivity contribution in [3.8, 4) is 0 Å². The molecule has 3 nitrogen and oxygen atoms in total. The molecule has 1 saturated heterocycles. The number of thiophene rings is 1. The van der Waals surface area contributed by atoms with Gasteiger partial charge in [-0.3, -0.25) is 0 Å². The van der Waals surface area contributed by atoms with Crippen LogP contribution in [0.1, 0.15) is 11.3 Å². The van der Waals surface area contributed by atoms with E-state index in [1.54, 1.807) is 11.3 Å². The zero-order chi connectivity index (χ0) is 11.2. The summed E-state index contributed by atoms with van der Waals surface area (Å²) in [7, 11) is 0. The van der Waals surface area contributed by atoms with Gasteiger partial charge in [0.25, 0.3) is 0 Å². The second-order valence-electron chi connectivity index (χ2n) is 3.88. The minimum Gasteiger partial charge on any atom is -0.379 e. The Morgan fingerprint density at radius 2 is 2.56 bits per heavy atom. The number of halogens is 1. The van der Waals surface area contributed by atoms with Crippen molar-refractivity contribution in [3.05, 3.63) is 20.8 Å². The molecule has 0 saturated carbocycles. The fourth-order valence-electron chi connectivity index (χ4n) is 1.73. The minimum atomic E-state index is 0.521. The second kappa shape index (κ2) is 6.71. The largest absolute Gasteiger partial charge is 0.379 e. The van der Waals surface area contributed by atoms with Crippen molar-refractivity contribution in [1.82, 2.24) is 10.6 Å². The maximum atomic E-state index is 5.41. The highest BCUT2D eigenvalue weighted by molar-refractivity contribution is 9.10. The Balaban J connectivity index is 1.59. The van der Waals surface area contributed by atoms with Crippen molar-refractivity contribution in [1.29, 1.82) is 0 Å². The molecule has 1 aromatic rings. The van der Waals surface area contributed by atoms with E-state index < -0.39 is 0 Å². The molecular weight excluding hydrogens is 288 g/mol. The molecule has 5 heteroatoms. The summed E-state index contributed by atoms with van der Waals surface area (Å²) in [5, 5.41) is 9.02. The molecule has 0 amide bonds. The van der Waals surface area contributed by atoms with Crippen molar-refractivity contribution in [2.75, 3.05) is 26.3 Å². The third kappa shape index (κ3) is 3.82. The highest BCUT2D eigenvalue weighted by Crippen LogP contribution is 2.22. The summed E-state index contributed by atoms with van der Waals surface area (Å²) in [5.41, 5.74) is 0. The highest BCUT2D eigenvalue weighted by Gasteiger charge is 2.11. The first kappa shape index (κ1) is 12.5. The molecule has 1 aliphatic rings. The summed E-state index contributed by atoms with van der Waals surface area (Å²) in [6.07, 6.45) is 1.13. The van der Waals surface area contributed by atoms with E-state index >= 15 is 0 Å². The van der Waals surface area contributed by atoms with Gasteiger partial charge in [-0.2, -0.15) is 0 Å². The van der Waals surface area contributed by atoms with Gasteiger partial charge in [0.15, 0.2) is 0 Å². The van der Waals surface area contributed by atoms with Crippen LogP contribution in [0.15, 0.2) is 15.9 Å². The van der Waals surface area contributed by atoms with Crippen molar-refractivity contribution in [2.24, 2.45) is 0 Å². The van der Waals surface area contributed by atoms with Crippen LogP contribution in [-0.4, -0.2) is 32.3 Å². The van der Waals surface area contributed by atoms with Crippen LogP contribution in [0.5, 0.6) is 0 Å². The average molecular weight is 305 g/mol. The lowest BCUT2D eigenvalue weighted by molar-refractivity contribution is 0.0742. The summed E-state index contributed by atoms with van der Waals surface area (Å²) in [6.45, 7) is 4.68. The maximum absolute atomic E-state index is 5.41. The summed E-state index contributed by atoms with van der Waals surface area (Å²) in [6, 6.07) is 2.62. The Hall–Kier alpha value is 0.0600. The molecule has 0 aliphatic carbocycles. The third-order valence-corrected chi connectivity index (χ3v) is 4.57. The van der Waals surface area contributed by atoms with Gasteiger partial charge in [0.2, 0.25) is 0 Å². The Morgan fingerprint density at radius 3 is 3.25 bits per heavy atom. The fraction of sp³-hybridized carbons (Fsp3) is 0.636. The number of morpholine rings is 1. The first-order valence-electron chi connectivity index (χ1n) is 5.60. The van der Waals surface area contributed by atoms with Crippen LogP contribution in [0.3, 0.4) is 0 Å². The lowest BCUT2D eigenvalue weighted by Gasteiger charge is -2.23. The van der Waals surface area contributed by atoms with Crippen LogP contribution in [0, 0.1) is 0 Å². The molecule has 1 unspecified atom stereocenters. The monoisotopic (exact) mass is 304 g/mol. The molecule has 2 heterocycles. The van der Waals surface area contributed by atoms with E-state index in [1.165, 1.54) is 9.35 Å². The van der Waals surface area contributed by atoms with Gasteiger partial charge in [-0.1, -0.05) is 0 Å². The summed E-state index contributed by atoms with van der Waals surface area (Å²) in [4.78, 5) is 1.37. The molecule has 0 radical (unpaired) electrons. The Morgan fingerprint density at radius 1 is 1.62 bits per heavy atom. The number of rotatable bonds is 5. The molecule has 90 valence electrons. The molecular formula is C11H17BrN2OS. The summed E-state index contributed by atoms with van der Waals surface area (Å²) >= 11 is 5.32. The van der Waals surface area contributed by atoms with Crippen molar-refractivity contribution in [2.45, 2.75) is 19.0 Å². The van der Waals surface area contributed by atoms with Crippen LogP contribution < -0.4 is 10.6 Å². The van der Waals surface area contributed by atoms with Gasteiger partial charge in [0, 0.05) is 28.5 Å². The number of hydrogen-bond acceptors (Lipinski definition) is 4. The van der Waals surface area contributed by atoms with Crippen LogP contribution in [-0.2, 0) is 11.3 Å². The van der Waals surface area contributed by atoms with Crippen molar-refractivity contribution >= 4 is 27.3 Å². The SMILES string of the molecule is Brc1ccsc1CNCCC1COCCN1. The zero-order valence-corrected chi connectivity index (χ0v) is 11.6. The van der Waals surface area contributed by atoms with Crippen LogP contribution >= 0.6 is 27.3 Å². The normalized spacial score (nSPS) is 21.2. The smallest absolute Gasteiger partial charge is 0.0620 e. The lowest BCUT2D eigenvalue weighted by Crippen LogP contribution is -2.42. The number of ether oxygens (including phenoxy) is 1. The first-order chi connectivity index (χ1) is 7.86. The predicted molar refractivity (Wildman–Crippen MR) is 71.0 cm³/mol. The molecule has 2 N–H and O–H groups in total. The van der Waals surface area contributed by atoms with Gasteiger partial charge in [-0.25, -0.2) is 0 Å². The lowest BCUT2D eigenvalue weighted by atomic mass is 10.2. The molecule has 0 spiro atoms. The van der Waals surface area contributed by atoms with E-state index in [0.29, 0.717) is 6.04 Å².